The summed E-state index contributed by atoms with van der Waals surface area (Å²) in [6.07, 6.45) is 0.499. The summed E-state index contributed by atoms with van der Waals surface area (Å²) < 4.78 is 11.5. The lowest BCUT2D eigenvalue weighted by atomic mass is 10.0. The van der Waals surface area contributed by atoms with Gasteiger partial charge in [-0.3, -0.25) is 4.79 Å². The first-order valence-electron chi connectivity index (χ1n) is 9.16. The quantitative estimate of drug-likeness (QED) is 0.677. The van der Waals surface area contributed by atoms with Gasteiger partial charge in [0, 0.05) is 6.20 Å². The Morgan fingerprint density at radius 1 is 1.04 bits per heavy atom. The van der Waals surface area contributed by atoms with E-state index in [0.29, 0.717) is 5.75 Å². The maximum absolute atomic E-state index is 12.5. The number of amides is 1. The summed E-state index contributed by atoms with van der Waals surface area (Å²) in [4.78, 5) is 28.5. The van der Waals surface area contributed by atoms with Crippen LogP contribution >= 0.6 is 0 Å². The summed E-state index contributed by atoms with van der Waals surface area (Å²) in [6.45, 7) is 7.20. The molecule has 1 heterocycles. The van der Waals surface area contributed by atoms with Crippen molar-refractivity contribution in [1.82, 2.24) is 10.3 Å². The molecule has 2 rings (SSSR count). The van der Waals surface area contributed by atoms with Crippen LogP contribution in [0.2, 0.25) is 0 Å². The van der Waals surface area contributed by atoms with Crippen molar-refractivity contribution in [2.24, 2.45) is 5.92 Å². The Morgan fingerprint density at radius 3 is 2.32 bits per heavy atom. The number of aromatic nitrogens is 1. The average molecular weight is 386 g/mol. The highest BCUT2D eigenvalue weighted by molar-refractivity contribution is 5.97. The molecule has 0 aliphatic rings. The van der Waals surface area contributed by atoms with E-state index in [9.17, 15) is 14.7 Å². The number of hydrogen-bond donors (Lipinski definition) is 2. The van der Waals surface area contributed by atoms with Gasteiger partial charge in [0.15, 0.2) is 5.69 Å². The zero-order chi connectivity index (χ0) is 20.7. The zero-order valence-corrected chi connectivity index (χ0v) is 16.5. The number of para-hydroxylation sites is 1. The summed E-state index contributed by atoms with van der Waals surface area (Å²) >= 11 is 0. The van der Waals surface area contributed by atoms with E-state index in [-0.39, 0.29) is 23.5 Å². The predicted octanol–water partition coefficient (Wildman–Crippen LogP) is 2.94. The van der Waals surface area contributed by atoms with E-state index in [4.69, 9.17) is 9.47 Å². The Kier molecular flexibility index (Phi) is 7.37. The number of carbonyl (C=O) groups excluding carboxylic acids is 2. The van der Waals surface area contributed by atoms with Gasteiger partial charge < -0.3 is 19.9 Å². The Bertz CT molecular complexity index is 794. The monoisotopic (exact) mass is 386 g/mol. The molecule has 7 heteroatoms. The maximum Gasteiger partial charge on any atom is 0.328 e. The number of carbonyl (C=O) groups is 2. The Labute approximate surface area is 164 Å². The lowest BCUT2D eigenvalue weighted by Crippen LogP contribution is -2.45. The Hall–Kier alpha value is -3.09. The van der Waals surface area contributed by atoms with E-state index in [1.54, 1.807) is 0 Å². The minimum Gasteiger partial charge on any atom is -0.505 e. The fraction of sp³-hybridized carbons (Fsp3) is 0.381. The minimum atomic E-state index is -0.918. The molecule has 150 valence electrons. The summed E-state index contributed by atoms with van der Waals surface area (Å²) in [5, 5.41) is 12.2. The Balaban J connectivity index is 1.99. The lowest BCUT2D eigenvalue weighted by Gasteiger charge is -2.29. The number of esters is 1. The van der Waals surface area contributed by atoms with Gasteiger partial charge in [-0.25, -0.2) is 9.78 Å². The van der Waals surface area contributed by atoms with E-state index in [1.165, 1.54) is 25.3 Å². The fourth-order valence-corrected chi connectivity index (χ4v) is 2.69. The van der Waals surface area contributed by atoms with E-state index in [0.717, 1.165) is 0 Å². The second-order valence-electron chi connectivity index (χ2n) is 6.85. The van der Waals surface area contributed by atoms with E-state index < -0.39 is 24.0 Å². The van der Waals surface area contributed by atoms with Crippen LogP contribution < -0.4 is 10.1 Å². The zero-order valence-electron chi connectivity index (χ0n) is 16.5. The van der Waals surface area contributed by atoms with Gasteiger partial charge in [-0.05, 0) is 44.0 Å². The van der Waals surface area contributed by atoms with Crippen LogP contribution in [0.3, 0.4) is 0 Å². The van der Waals surface area contributed by atoms with Gasteiger partial charge in [0.2, 0.25) is 0 Å². The third kappa shape index (κ3) is 5.70. The van der Waals surface area contributed by atoms with Crippen LogP contribution in [0.4, 0.5) is 0 Å². The summed E-state index contributed by atoms with van der Waals surface area (Å²) in [5.41, 5.74) is -0.150. The summed E-state index contributed by atoms with van der Waals surface area (Å²) in [5.74, 6) is -0.817. The predicted molar refractivity (Wildman–Crippen MR) is 104 cm³/mol. The van der Waals surface area contributed by atoms with Crippen LogP contribution in [0.1, 0.15) is 38.2 Å². The van der Waals surface area contributed by atoms with Crippen molar-refractivity contribution in [2.45, 2.75) is 45.9 Å². The normalized spacial score (nSPS) is 14.0. The smallest absolute Gasteiger partial charge is 0.328 e. The molecule has 3 atom stereocenters. The first kappa shape index (κ1) is 21.2. The molecule has 2 aromatic rings. The van der Waals surface area contributed by atoms with Crippen molar-refractivity contribution in [3.8, 4) is 11.5 Å². The number of aromatic hydroxyl groups is 1. The highest BCUT2D eigenvalue weighted by Crippen LogP contribution is 2.19. The van der Waals surface area contributed by atoms with Crippen molar-refractivity contribution in [3.63, 3.8) is 0 Å². The van der Waals surface area contributed by atoms with Crippen LogP contribution in [0.5, 0.6) is 11.5 Å². The molecule has 0 aliphatic carbocycles. The van der Waals surface area contributed by atoms with Gasteiger partial charge in [-0.1, -0.05) is 32.0 Å². The third-order valence-corrected chi connectivity index (χ3v) is 4.14. The molecule has 0 saturated heterocycles. The largest absolute Gasteiger partial charge is 0.505 e. The number of nitrogens with one attached hydrogen (secondary N) is 1. The van der Waals surface area contributed by atoms with Gasteiger partial charge in [0.25, 0.3) is 5.91 Å². The molecular formula is C21H26N2O5. The van der Waals surface area contributed by atoms with Crippen LogP contribution in [0.25, 0.3) is 0 Å². The second kappa shape index (κ2) is 9.73. The SMILES string of the molecule is CC(C)C(OC(=O)[C@H](C)NC(=O)c1ncccc1O)[C@H](C)Oc1ccccc1. The van der Waals surface area contributed by atoms with Crippen molar-refractivity contribution >= 4 is 11.9 Å². The molecule has 0 radical (unpaired) electrons. The molecule has 7 nitrogen and oxygen atoms in total. The number of pyridine rings is 1. The van der Waals surface area contributed by atoms with Crippen LogP contribution in [0.15, 0.2) is 48.7 Å². The standard InChI is InChI=1S/C21H26N2O5/c1-13(2)19(15(4)27-16-9-6-5-7-10-16)28-21(26)14(3)23-20(25)18-17(24)11-8-12-22-18/h5-15,19,24H,1-4H3,(H,23,25)/t14-,15-,19?/m0/s1. The van der Waals surface area contributed by atoms with E-state index in [2.05, 4.69) is 10.3 Å². The average Bonchev–Trinajstić information content (AvgIpc) is 2.66. The number of nitrogens with zero attached hydrogens (tertiary/aromatic N) is 1. The molecule has 0 spiro atoms. The molecule has 28 heavy (non-hydrogen) atoms. The molecule has 0 fully saturated rings. The fourth-order valence-electron chi connectivity index (χ4n) is 2.69. The van der Waals surface area contributed by atoms with Gasteiger partial charge in [0.05, 0.1) is 0 Å². The van der Waals surface area contributed by atoms with Gasteiger partial charge in [0.1, 0.15) is 29.7 Å². The number of rotatable bonds is 8. The van der Waals surface area contributed by atoms with E-state index in [1.807, 2.05) is 51.1 Å². The van der Waals surface area contributed by atoms with Gasteiger partial charge in [-0.15, -0.1) is 0 Å². The van der Waals surface area contributed by atoms with Crippen LogP contribution in [-0.4, -0.2) is 40.2 Å². The molecule has 1 aromatic heterocycles. The molecule has 0 bridgehead atoms. The minimum absolute atomic E-state index is 0.00500. The number of benzene rings is 1. The van der Waals surface area contributed by atoms with E-state index >= 15 is 0 Å². The number of hydrogen-bond acceptors (Lipinski definition) is 6. The van der Waals surface area contributed by atoms with Crippen LogP contribution in [0, 0.1) is 5.92 Å². The molecule has 1 unspecified atom stereocenters. The molecule has 0 saturated carbocycles. The molecular weight excluding hydrogens is 360 g/mol. The summed E-state index contributed by atoms with van der Waals surface area (Å²) in [6, 6.07) is 11.2. The van der Waals surface area contributed by atoms with Crippen molar-refractivity contribution in [2.75, 3.05) is 0 Å². The first-order valence-corrected chi connectivity index (χ1v) is 9.16. The topological polar surface area (TPSA) is 97.8 Å². The molecule has 0 aliphatic heterocycles. The first-order chi connectivity index (χ1) is 13.3. The maximum atomic E-state index is 12.5. The molecule has 2 N–H and O–H groups in total. The van der Waals surface area contributed by atoms with Crippen molar-refractivity contribution in [1.29, 1.82) is 0 Å². The van der Waals surface area contributed by atoms with Crippen LogP contribution in [-0.2, 0) is 9.53 Å². The lowest BCUT2D eigenvalue weighted by molar-refractivity contribution is -0.158. The van der Waals surface area contributed by atoms with Crippen molar-refractivity contribution in [3.05, 3.63) is 54.4 Å². The molecule has 1 aromatic carbocycles. The summed E-state index contributed by atoms with van der Waals surface area (Å²) in [7, 11) is 0. The third-order valence-electron chi connectivity index (χ3n) is 4.14. The number of ether oxygens (including phenoxy) is 2. The van der Waals surface area contributed by atoms with Gasteiger partial charge >= 0.3 is 5.97 Å². The molecule has 1 amide bonds. The Morgan fingerprint density at radius 2 is 1.71 bits per heavy atom. The second-order valence-corrected chi connectivity index (χ2v) is 6.85. The highest BCUT2D eigenvalue weighted by Gasteiger charge is 2.29. The van der Waals surface area contributed by atoms with Gasteiger partial charge in [-0.2, -0.15) is 0 Å². The highest BCUT2D eigenvalue weighted by atomic mass is 16.6. The van der Waals surface area contributed by atoms with Crippen molar-refractivity contribution < 1.29 is 24.2 Å².